The second kappa shape index (κ2) is 16.8. The predicted octanol–water partition coefficient (Wildman–Crippen LogP) is 5.76. The minimum atomic E-state index is -3.95. The average Bonchev–Trinajstić information content (AvgIpc) is 3.57. The Morgan fingerprint density at radius 2 is 1.61 bits per heavy atom. The van der Waals surface area contributed by atoms with Gasteiger partial charge in [-0.1, -0.05) is 108 Å². The quantitative estimate of drug-likeness (QED) is 0.123. The lowest BCUT2D eigenvalue weighted by Gasteiger charge is -2.36. The summed E-state index contributed by atoms with van der Waals surface area (Å²) in [6.07, 6.45) is 3.59. The van der Waals surface area contributed by atoms with E-state index in [1.165, 1.54) is 12.1 Å². The van der Waals surface area contributed by atoms with Crippen molar-refractivity contribution in [3.63, 3.8) is 0 Å². The number of aryl methyl sites for hydroxylation is 2. The van der Waals surface area contributed by atoms with Crippen LogP contribution in [0.2, 0.25) is 0 Å². The van der Waals surface area contributed by atoms with Crippen LogP contribution in [0.1, 0.15) is 52.2 Å². The number of thioether (sulfide) groups is 1. The lowest BCUT2D eigenvalue weighted by molar-refractivity contribution is -0.245. The minimum absolute atomic E-state index is 0.0238. The summed E-state index contributed by atoms with van der Waals surface area (Å²) in [5, 5.41) is 13.3. The Hall–Kier alpha value is -4.30. The number of carbonyl (C=O) groups is 1. The fraction of sp³-hybridized carbons (Fsp3) is 0.282. The number of imidazole rings is 1. The number of aliphatic hydroxyl groups excluding tert-OH is 1. The molecule has 0 spiro atoms. The van der Waals surface area contributed by atoms with Gasteiger partial charge in [0.25, 0.3) is 0 Å². The Kier molecular flexibility index (Phi) is 12.0. The fourth-order valence-corrected chi connectivity index (χ4v) is 7.94. The van der Waals surface area contributed by atoms with Crippen molar-refractivity contribution in [1.82, 2.24) is 19.6 Å². The van der Waals surface area contributed by atoms with Crippen LogP contribution in [0.5, 0.6) is 0 Å². The monoisotopic (exact) mass is 726 g/mol. The van der Waals surface area contributed by atoms with Crippen LogP contribution in [-0.2, 0) is 50.9 Å². The number of amides is 1. The van der Waals surface area contributed by atoms with E-state index in [0.717, 1.165) is 38.5 Å². The largest absolute Gasteiger partial charge is 0.392 e. The molecule has 51 heavy (non-hydrogen) atoms. The molecule has 1 fully saturated rings. The number of rotatable bonds is 14. The summed E-state index contributed by atoms with van der Waals surface area (Å²) in [6, 6.07) is 30.3. The third kappa shape index (κ3) is 9.73. The van der Waals surface area contributed by atoms with Gasteiger partial charge in [0.05, 0.1) is 23.7 Å². The average molecular weight is 727 g/mol. The van der Waals surface area contributed by atoms with E-state index in [1.807, 2.05) is 104 Å². The number of sulfonamides is 1. The molecule has 0 radical (unpaired) electrons. The molecule has 3 N–H and O–H groups in total. The van der Waals surface area contributed by atoms with Crippen LogP contribution in [0.4, 0.5) is 0 Å². The first-order chi connectivity index (χ1) is 24.7. The molecule has 1 aromatic heterocycles. The van der Waals surface area contributed by atoms with Gasteiger partial charge in [-0.25, -0.2) is 13.4 Å². The second-order valence-electron chi connectivity index (χ2n) is 12.6. The lowest BCUT2D eigenvalue weighted by atomic mass is 10.0. The van der Waals surface area contributed by atoms with E-state index < -0.39 is 28.3 Å². The van der Waals surface area contributed by atoms with Gasteiger partial charge in [0.15, 0.2) is 11.4 Å². The first-order valence-corrected chi connectivity index (χ1v) is 19.2. The third-order valence-electron chi connectivity index (χ3n) is 8.74. The van der Waals surface area contributed by atoms with Crippen molar-refractivity contribution in [2.45, 2.75) is 67.5 Å². The number of hydrogen-bond acceptors (Lipinski definition) is 8. The summed E-state index contributed by atoms with van der Waals surface area (Å²) in [7, 11) is -1.99. The smallest absolute Gasteiger partial charge is 0.241 e. The third-order valence-corrected chi connectivity index (χ3v) is 11.4. The number of nitrogens with one attached hydrogen (secondary N) is 2. The van der Waals surface area contributed by atoms with E-state index in [4.69, 9.17) is 9.47 Å². The van der Waals surface area contributed by atoms with Gasteiger partial charge in [-0.15, -0.1) is 0 Å². The molecule has 6 rings (SSSR count). The van der Waals surface area contributed by atoms with Crippen LogP contribution < -0.4 is 10.0 Å². The fourth-order valence-electron chi connectivity index (χ4n) is 5.80. The predicted molar refractivity (Wildman–Crippen MR) is 196 cm³/mol. The molecule has 4 aromatic carbocycles. The number of aromatic nitrogens is 2. The van der Waals surface area contributed by atoms with E-state index >= 15 is 0 Å². The van der Waals surface area contributed by atoms with Crippen LogP contribution in [0.25, 0.3) is 0 Å². The van der Waals surface area contributed by atoms with Crippen LogP contribution >= 0.6 is 11.8 Å². The van der Waals surface area contributed by atoms with Crippen molar-refractivity contribution in [3.8, 4) is 0 Å². The van der Waals surface area contributed by atoms with E-state index in [0.29, 0.717) is 12.2 Å². The second-order valence-corrected chi connectivity index (χ2v) is 15.3. The Morgan fingerprint density at radius 3 is 2.27 bits per heavy atom. The molecule has 0 saturated carbocycles. The van der Waals surface area contributed by atoms with E-state index in [1.54, 1.807) is 30.1 Å². The first-order valence-electron chi connectivity index (χ1n) is 16.8. The molecule has 0 aliphatic carbocycles. The molecule has 0 bridgehead atoms. The van der Waals surface area contributed by atoms with Gasteiger partial charge >= 0.3 is 0 Å². The summed E-state index contributed by atoms with van der Waals surface area (Å²) in [5.41, 5.74) is 5.28. The topological polar surface area (TPSA) is 132 Å². The van der Waals surface area contributed by atoms with Crippen LogP contribution in [0, 0.1) is 6.92 Å². The zero-order chi connectivity index (χ0) is 35.8. The molecular weight excluding hydrogens is 685 g/mol. The van der Waals surface area contributed by atoms with Crippen molar-refractivity contribution >= 4 is 27.7 Å². The first kappa shape index (κ1) is 36.5. The molecule has 0 unspecified atom stereocenters. The highest BCUT2D eigenvalue weighted by Gasteiger charge is 2.33. The van der Waals surface area contributed by atoms with Crippen molar-refractivity contribution in [1.29, 1.82) is 0 Å². The molecule has 1 amide bonds. The van der Waals surface area contributed by atoms with E-state index in [-0.39, 0.29) is 36.7 Å². The zero-order valence-electron chi connectivity index (χ0n) is 28.5. The molecule has 1 aliphatic heterocycles. The molecule has 266 valence electrons. The molecule has 1 saturated heterocycles. The molecular formula is C39H42N4O6S2. The summed E-state index contributed by atoms with van der Waals surface area (Å²) in [4.78, 5) is 18.0. The molecule has 1 aliphatic rings. The van der Waals surface area contributed by atoms with Gasteiger partial charge in [0, 0.05) is 43.7 Å². The summed E-state index contributed by atoms with van der Waals surface area (Å²) in [6.45, 7) is 2.06. The number of aliphatic hydroxyl groups is 1. The van der Waals surface area contributed by atoms with Gasteiger partial charge in [-0.3, -0.25) is 4.79 Å². The number of benzene rings is 4. The Bertz CT molecular complexity index is 1990. The highest BCUT2D eigenvalue weighted by Crippen LogP contribution is 2.39. The van der Waals surface area contributed by atoms with Crippen LogP contribution in [0.15, 0.2) is 126 Å². The summed E-state index contributed by atoms with van der Waals surface area (Å²) >= 11 is 1.63. The summed E-state index contributed by atoms with van der Waals surface area (Å²) < 4.78 is 44.1. The number of hydrogen-bond donors (Lipinski definition) is 3. The zero-order valence-corrected chi connectivity index (χ0v) is 30.1. The van der Waals surface area contributed by atoms with E-state index in [9.17, 15) is 18.3 Å². The van der Waals surface area contributed by atoms with Crippen LogP contribution in [0.3, 0.4) is 0 Å². The van der Waals surface area contributed by atoms with E-state index in [2.05, 4.69) is 15.0 Å². The van der Waals surface area contributed by atoms with Gasteiger partial charge < -0.3 is 24.5 Å². The van der Waals surface area contributed by atoms with Crippen molar-refractivity contribution in [3.05, 3.63) is 149 Å². The Balaban J connectivity index is 1.13. The Labute approximate surface area is 303 Å². The van der Waals surface area contributed by atoms with Crippen molar-refractivity contribution in [2.75, 3.05) is 5.75 Å². The van der Waals surface area contributed by atoms with Gasteiger partial charge in [-0.2, -0.15) is 4.72 Å². The number of ether oxygens (including phenoxy) is 2. The minimum Gasteiger partial charge on any atom is -0.392 e. The molecule has 4 atom stereocenters. The number of nitrogens with zero attached hydrogens (tertiary/aromatic N) is 2. The highest BCUT2D eigenvalue weighted by atomic mass is 32.2. The molecule has 2 heterocycles. The maximum Gasteiger partial charge on any atom is 0.241 e. The maximum absolute atomic E-state index is 13.5. The molecule has 12 heteroatoms. The lowest BCUT2D eigenvalue weighted by Crippen LogP contribution is -2.47. The van der Waals surface area contributed by atoms with Crippen molar-refractivity contribution in [2.24, 2.45) is 7.05 Å². The van der Waals surface area contributed by atoms with Crippen LogP contribution in [-0.4, -0.2) is 46.9 Å². The number of carbonyl (C=O) groups excluding carboxylic acids is 1. The standard InChI is InChI=1S/C39H42N4O6S2/c1-27-8-18-34(19-9-27)51(46,47)42-35(22-28-6-4-3-5-7-28)37(45)41-24-29-10-16-32(17-11-29)38-48-33(26-50-39-40-20-21-43(39)2)23-36(49-38)31-14-12-30(25-44)13-15-31/h3-21,33,35-36,38,42,44H,22-26H2,1-2H3,(H,41,45)/t33-,35-,36+,38+/m1/s1. The van der Waals surface area contributed by atoms with Gasteiger partial charge in [0.2, 0.25) is 15.9 Å². The molecule has 5 aromatic rings. The SMILES string of the molecule is Cc1ccc(S(=O)(=O)N[C@H](Cc2ccccc2)C(=O)NCc2ccc([C@H]3O[C@@H](CSc4nccn4C)C[C@@H](c4ccc(CO)cc4)O3)cc2)cc1. The normalized spacial score (nSPS) is 18.3. The van der Waals surface area contributed by atoms with Crippen molar-refractivity contribution < 1.29 is 27.8 Å². The Morgan fingerprint density at radius 1 is 0.922 bits per heavy atom. The van der Waals surface area contributed by atoms with Gasteiger partial charge in [-0.05, 0) is 47.7 Å². The highest BCUT2D eigenvalue weighted by molar-refractivity contribution is 7.99. The molecule has 10 nitrogen and oxygen atoms in total. The maximum atomic E-state index is 13.5. The summed E-state index contributed by atoms with van der Waals surface area (Å²) in [5.74, 6) is 0.262. The van der Waals surface area contributed by atoms with Gasteiger partial charge in [0.1, 0.15) is 6.04 Å².